The summed E-state index contributed by atoms with van der Waals surface area (Å²) in [5.41, 5.74) is 3.47. The molecular formula is C27H26N2O4. The molecule has 6 nitrogen and oxygen atoms in total. The monoisotopic (exact) mass is 442 g/mol. The summed E-state index contributed by atoms with van der Waals surface area (Å²) < 4.78 is 16.6. The van der Waals surface area contributed by atoms with Gasteiger partial charge in [-0.2, -0.15) is 5.26 Å². The first-order chi connectivity index (χ1) is 16.0. The number of carbonyl (C=O) groups excluding carboxylic acids is 1. The van der Waals surface area contributed by atoms with E-state index in [2.05, 4.69) is 5.32 Å². The van der Waals surface area contributed by atoms with Crippen molar-refractivity contribution in [1.82, 2.24) is 0 Å². The fraction of sp³-hybridized carbons (Fsp3) is 0.185. The summed E-state index contributed by atoms with van der Waals surface area (Å²) in [4.78, 5) is 12.6. The largest absolute Gasteiger partial charge is 0.493 e. The first-order valence-corrected chi connectivity index (χ1v) is 10.5. The van der Waals surface area contributed by atoms with Crippen molar-refractivity contribution in [2.75, 3.05) is 19.0 Å². The van der Waals surface area contributed by atoms with E-state index >= 15 is 0 Å². The number of anilines is 1. The fourth-order valence-electron chi connectivity index (χ4n) is 3.05. The summed E-state index contributed by atoms with van der Waals surface area (Å²) in [6.07, 6.45) is 1.51. The minimum atomic E-state index is -0.500. The average Bonchev–Trinajstić information content (AvgIpc) is 2.83. The molecule has 33 heavy (non-hydrogen) atoms. The van der Waals surface area contributed by atoms with Crippen LogP contribution in [0.2, 0.25) is 0 Å². The number of aryl methyl sites for hydroxylation is 1. The van der Waals surface area contributed by atoms with Crippen LogP contribution in [0.5, 0.6) is 17.2 Å². The molecule has 3 rings (SSSR count). The molecule has 0 aromatic heterocycles. The number of carbonyl (C=O) groups is 1. The van der Waals surface area contributed by atoms with Crippen molar-refractivity contribution in [2.45, 2.75) is 20.5 Å². The average molecular weight is 443 g/mol. The van der Waals surface area contributed by atoms with Crippen LogP contribution in [0.1, 0.15) is 23.6 Å². The van der Waals surface area contributed by atoms with Gasteiger partial charge in [0.05, 0.1) is 13.7 Å². The number of benzene rings is 3. The minimum Gasteiger partial charge on any atom is -0.493 e. The third-order valence-corrected chi connectivity index (χ3v) is 4.80. The highest BCUT2D eigenvalue weighted by atomic mass is 16.5. The summed E-state index contributed by atoms with van der Waals surface area (Å²) >= 11 is 0. The molecule has 0 saturated carbocycles. The second-order valence-electron chi connectivity index (χ2n) is 7.27. The third kappa shape index (κ3) is 6.62. The molecule has 6 heteroatoms. The van der Waals surface area contributed by atoms with E-state index in [9.17, 15) is 10.1 Å². The Bertz CT molecular complexity index is 1160. The lowest BCUT2D eigenvalue weighted by Gasteiger charge is -2.10. The van der Waals surface area contributed by atoms with Crippen molar-refractivity contribution in [3.63, 3.8) is 0 Å². The molecule has 1 N–H and O–H groups in total. The maximum Gasteiger partial charge on any atom is 0.266 e. The summed E-state index contributed by atoms with van der Waals surface area (Å²) in [5, 5.41) is 12.2. The Hall–Kier alpha value is -4.24. The van der Waals surface area contributed by atoms with Crippen LogP contribution in [-0.2, 0) is 11.4 Å². The quantitative estimate of drug-likeness (QED) is 0.348. The Morgan fingerprint density at radius 1 is 1.00 bits per heavy atom. The molecule has 0 spiro atoms. The van der Waals surface area contributed by atoms with Crippen molar-refractivity contribution in [3.8, 4) is 23.3 Å². The molecule has 0 heterocycles. The van der Waals surface area contributed by atoms with Crippen molar-refractivity contribution in [1.29, 1.82) is 5.26 Å². The van der Waals surface area contributed by atoms with Crippen LogP contribution in [0, 0.1) is 18.3 Å². The predicted octanol–water partition coefficient (Wildman–Crippen LogP) is 5.53. The van der Waals surface area contributed by atoms with Gasteiger partial charge in [-0.25, -0.2) is 0 Å². The van der Waals surface area contributed by atoms with Gasteiger partial charge in [-0.3, -0.25) is 4.79 Å². The molecule has 0 aliphatic carbocycles. The lowest BCUT2D eigenvalue weighted by molar-refractivity contribution is -0.112. The van der Waals surface area contributed by atoms with Gasteiger partial charge in [-0.05, 0) is 67.4 Å². The van der Waals surface area contributed by atoms with E-state index in [4.69, 9.17) is 14.2 Å². The first kappa shape index (κ1) is 23.4. The fourth-order valence-corrected chi connectivity index (χ4v) is 3.05. The second-order valence-corrected chi connectivity index (χ2v) is 7.27. The molecule has 0 saturated heterocycles. The first-order valence-electron chi connectivity index (χ1n) is 10.5. The summed E-state index contributed by atoms with van der Waals surface area (Å²) in [7, 11) is 1.56. The van der Waals surface area contributed by atoms with Crippen molar-refractivity contribution < 1.29 is 19.0 Å². The lowest BCUT2D eigenvalue weighted by atomic mass is 10.1. The standard InChI is InChI=1S/C27H26N2O4/c1-4-32-26-16-21(9-14-25(26)31-3)15-22(17-28)27(30)29-23-10-12-24(13-11-23)33-18-20-7-5-19(2)6-8-20/h5-16H,4,18H2,1-3H3,(H,29,30)/b22-15+. The second kappa shape index (κ2) is 11.4. The number of hydrogen-bond acceptors (Lipinski definition) is 5. The summed E-state index contributed by atoms with van der Waals surface area (Å²) in [6.45, 7) is 4.84. The van der Waals surface area contributed by atoms with Crippen LogP contribution in [0.3, 0.4) is 0 Å². The van der Waals surface area contributed by atoms with Gasteiger partial charge in [-0.1, -0.05) is 35.9 Å². The number of rotatable bonds is 9. The minimum absolute atomic E-state index is 0.0256. The Kier molecular flexibility index (Phi) is 8.09. The van der Waals surface area contributed by atoms with E-state index < -0.39 is 5.91 Å². The Balaban J connectivity index is 1.64. The van der Waals surface area contributed by atoms with E-state index in [-0.39, 0.29) is 5.57 Å². The number of hydrogen-bond donors (Lipinski definition) is 1. The van der Waals surface area contributed by atoms with Crippen LogP contribution >= 0.6 is 0 Å². The van der Waals surface area contributed by atoms with Crippen LogP contribution in [0.15, 0.2) is 72.3 Å². The Labute approximate surface area is 194 Å². The van der Waals surface area contributed by atoms with Gasteiger partial charge in [0.25, 0.3) is 5.91 Å². The SMILES string of the molecule is CCOc1cc(/C=C(\C#N)C(=O)Nc2ccc(OCc3ccc(C)cc3)cc2)ccc1OC. The lowest BCUT2D eigenvalue weighted by Crippen LogP contribution is -2.13. The van der Waals surface area contributed by atoms with Crippen molar-refractivity contribution >= 4 is 17.7 Å². The molecule has 0 fully saturated rings. The van der Waals surface area contributed by atoms with Crippen LogP contribution in [0.25, 0.3) is 6.08 Å². The molecule has 168 valence electrons. The van der Waals surface area contributed by atoms with E-state index in [0.717, 1.165) is 5.56 Å². The number of ether oxygens (including phenoxy) is 3. The smallest absolute Gasteiger partial charge is 0.266 e. The number of methoxy groups -OCH3 is 1. The predicted molar refractivity (Wildman–Crippen MR) is 128 cm³/mol. The zero-order valence-electron chi connectivity index (χ0n) is 18.9. The molecule has 0 aliphatic rings. The van der Waals surface area contributed by atoms with Crippen LogP contribution in [0.4, 0.5) is 5.69 Å². The van der Waals surface area contributed by atoms with E-state index in [1.54, 1.807) is 49.6 Å². The zero-order valence-corrected chi connectivity index (χ0v) is 18.9. The topological polar surface area (TPSA) is 80.6 Å². The third-order valence-electron chi connectivity index (χ3n) is 4.80. The highest BCUT2D eigenvalue weighted by Gasteiger charge is 2.11. The molecule has 0 aliphatic heterocycles. The molecule has 3 aromatic rings. The number of amides is 1. The van der Waals surface area contributed by atoms with Crippen LogP contribution < -0.4 is 19.5 Å². The van der Waals surface area contributed by atoms with E-state index in [1.807, 2.05) is 44.2 Å². The molecule has 0 atom stereocenters. The maximum absolute atomic E-state index is 12.6. The van der Waals surface area contributed by atoms with Crippen LogP contribution in [-0.4, -0.2) is 19.6 Å². The molecular weight excluding hydrogens is 416 g/mol. The van der Waals surface area contributed by atoms with E-state index in [0.29, 0.717) is 41.7 Å². The number of nitrogens with one attached hydrogen (secondary N) is 1. The highest BCUT2D eigenvalue weighted by molar-refractivity contribution is 6.09. The van der Waals surface area contributed by atoms with Gasteiger partial charge >= 0.3 is 0 Å². The van der Waals surface area contributed by atoms with Gasteiger partial charge < -0.3 is 19.5 Å². The molecule has 1 amide bonds. The molecule has 0 unspecified atom stereocenters. The Morgan fingerprint density at radius 3 is 2.36 bits per heavy atom. The normalized spacial score (nSPS) is 10.8. The van der Waals surface area contributed by atoms with E-state index in [1.165, 1.54) is 11.6 Å². The van der Waals surface area contributed by atoms with Gasteiger partial charge in [-0.15, -0.1) is 0 Å². The molecule has 0 radical (unpaired) electrons. The Morgan fingerprint density at radius 2 is 1.73 bits per heavy atom. The highest BCUT2D eigenvalue weighted by Crippen LogP contribution is 2.29. The van der Waals surface area contributed by atoms with Crippen molar-refractivity contribution in [2.24, 2.45) is 0 Å². The molecule has 0 bridgehead atoms. The van der Waals surface area contributed by atoms with Gasteiger partial charge in [0, 0.05) is 5.69 Å². The van der Waals surface area contributed by atoms with Gasteiger partial charge in [0.1, 0.15) is 24.0 Å². The maximum atomic E-state index is 12.6. The summed E-state index contributed by atoms with van der Waals surface area (Å²) in [5.74, 6) is 1.32. The zero-order chi connectivity index (χ0) is 23.6. The van der Waals surface area contributed by atoms with Gasteiger partial charge in [0.15, 0.2) is 11.5 Å². The van der Waals surface area contributed by atoms with Gasteiger partial charge in [0.2, 0.25) is 0 Å². The number of nitriles is 1. The summed E-state index contributed by atoms with van der Waals surface area (Å²) in [6, 6.07) is 22.3. The number of nitrogens with zero attached hydrogens (tertiary/aromatic N) is 1. The van der Waals surface area contributed by atoms with Crippen molar-refractivity contribution in [3.05, 3.63) is 89.0 Å². The molecule has 3 aromatic carbocycles.